The smallest absolute Gasteiger partial charge is 0.369 e. The fraction of sp³-hybridized carbons (Fsp3) is 0.176. The number of tetrazole rings is 1. The highest BCUT2D eigenvalue weighted by Gasteiger charge is 2.14. The second kappa shape index (κ2) is 7.83. The molecule has 0 saturated heterocycles. The van der Waals surface area contributed by atoms with Gasteiger partial charge in [0.25, 0.3) is 0 Å². The molecule has 1 amide bonds. The molecule has 1 heterocycles. The third kappa shape index (κ3) is 3.75. The fourth-order valence-electron chi connectivity index (χ4n) is 2.38. The minimum Gasteiger partial charge on any atom is -0.496 e. The number of nitrogens with one attached hydrogen (secondary N) is 1. The van der Waals surface area contributed by atoms with Crippen molar-refractivity contribution in [3.63, 3.8) is 0 Å². The van der Waals surface area contributed by atoms with Crippen LogP contribution < -0.4 is 15.7 Å². The van der Waals surface area contributed by atoms with Crippen molar-refractivity contribution in [1.82, 2.24) is 25.1 Å². The van der Waals surface area contributed by atoms with Gasteiger partial charge < -0.3 is 10.1 Å². The number of hydrogen-bond donors (Lipinski definition) is 1. The zero-order valence-electron chi connectivity index (χ0n) is 13.9. The summed E-state index contributed by atoms with van der Waals surface area (Å²) in [6.07, 6.45) is 0. The summed E-state index contributed by atoms with van der Waals surface area (Å²) >= 11 is 6.06. The molecule has 0 saturated carbocycles. The Bertz CT molecular complexity index is 982. The number of amides is 1. The minimum atomic E-state index is -0.550. The van der Waals surface area contributed by atoms with E-state index in [4.69, 9.17) is 16.3 Å². The predicted molar refractivity (Wildman–Crippen MR) is 95.5 cm³/mol. The van der Waals surface area contributed by atoms with Crippen LogP contribution in [0.2, 0.25) is 5.02 Å². The second-order valence-electron chi connectivity index (χ2n) is 5.37. The number of benzene rings is 2. The average Bonchev–Trinajstić information content (AvgIpc) is 3.01. The number of rotatable bonds is 6. The van der Waals surface area contributed by atoms with Crippen LogP contribution in [-0.4, -0.2) is 32.8 Å². The van der Waals surface area contributed by atoms with E-state index in [2.05, 4.69) is 15.7 Å². The van der Waals surface area contributed by atoms with Crippen LogP contribution >= 0.6 is 11.6 Å². The van der Waals surface area contributed by atoms with Crippen LogP contribution in [-0.2, 0) is 17.9 Å². The topological polar surface area (TPSA) is 91.0 Å². The monoisotopic (exact) mass is 373 g/mol. The van der Waals surface area contributed by atoms with E-state index in [0.29, 0.717) is 16.5 Å². The number of carbonyl (C=O) groups is 1. The predicted octanol–water partition coefficient (Wildman–Crippen LogP) is 1.41. The van der Waals surface area contributed by atoms with Crippen LogP contribution in [0, 0.1) is 0 Å². The first-order valence-electron chi connectivity index (χ1n) is 7.76. The number of ether oxygens (including phenoxy) is 1. The van der Waals surface area contributed by atoms with Crippen molar-refractivity contribution in [1.29, 1.82) is 0 Å². The summed E-state index contributed by atoms with van der Waals surface area (Å²) in [5.41, 5.74) is 0.681. The second-order valence-corrected chi connectivity index (χ2v) is 5.78. The standard InChI is InChI=1S/C17H16ClN5O3/c1-26-15-9-5-2-6-12(15)10-19-16(24)11-22-17(25)23(21-20-22)14-8-4-3-7-13(14)18/h2-9H,10-11H2,1H3,(H,19,24). The van der Waals surface area contributed by atoms with Crippen LogP contribution in [0.4, 0.5) is 0 Å². The highest BCUT2D eigenvalue weighted by atomic mass is 35.5. The number of halogens is 1. The summed E-state index contributed by atoms with van der Waals surface area (Å²) < 4.78 is 7.26. The van der Waals surface area contributed by atoms with Gasteiger partial charge in [0, 0.05) is 12.1 Å². The highest BCUT2D eigenvalue weighted by molar-refractivity contribution is 6.32. The van der Waals surface area contributed by atoms with Crippen LogP contribution in [0.5, 0.6) is 5.75 Å². The molecular weight excluding hydrogens is 358 g/mol. The Morgan fingerprint density at radius 3 is 2.65 bits per heavy atom. The fourth-order valence-corrected chi connectivity index (χ4v) is 2.60. The molecule has 134 valence electrons. The minimum absolute atomic E-state index is 0.252. The molecule has 0 bridgehead atoms. The average molecular weight is 374 g/mol. The molecule has 0 aliphatic carbocycles. The van der Waals surface area contributed by atoms with E-state index in [1.807, 2.05) is 18.2 Å². The van der Waals surface area contributed by atoms with E-state index in [1.165, 1.54) is 0 Å². The van der Waals surface area contributed by atoms with Gasteiger partial charge in [0.15, 0.2) is 0 Å². The lowest BCUT2D eigenvalue weighted by atomic mass is 10.2. The Balaban J connectivity index is 1.69. The molecule has 0 atom stereocenters. The molecule has 8 nitrogen and oxygen atoms in total. The number of hydrogen-bond acceptors (Lipinski definition) is 5. The number of aromatic nitrogens is 4. The van der Waals surface area contributed by atoms with Crippen molar-refractivity contribution in [2.75, 3.05) is 7.11 Å². The molecule has 0 radical (unpaired) electrons. The molecule has 0 aliphatic rings. The SMILES string of the molecule is COc1ccccc1CNC(=O)Cn1nnn(-c2ccccc2Cl)c1=O. The lowest BCUT2D eigenvalue weighted by Crippen LogP contribution is -2.33. The number of carbonyl (C=O) groups excluding carboxylic acids is 1. The zero-order chi connectivity index (χ0) is 18.5. The van der Waals surface area contributed by atoms with Crippen molar-refractivity contribution < 1.29 is 9.53 Å². The zero-order valence-corrected chi connectivity index (χ0v) is 14.7. The number of nitrogens with zero attached hydrogens (tertiary/aromatic N) is 4. The van der Waals surface area contributed by atoms with Crippen LogP contribution in [0.15, 0.2) is 53.3 Å². The van der Waals surface area contributed by atoms with Gasteiger partial charge in [-0.1, -0.05) is 41.9 Å². The Labute approximate surface area is 153 Å². The normalized spacial score (nSPS) is 10.5. The Morgan fingerprint density at radius 2 is 1.88 bits per heavy atom. The quantitative estimate of drug-likeness (QED) is 0.705. The van der Waals surface area contributed by atoms with Crippen molar-refractivity contribution >= 4 is 17.5 Å². The first kappa shape index (κ1) is 17.7. The van der Waals surface area contributed by atoms with Gasteiger partial charge in [-0.25, -0.2) is 4.79 Å². The van der Waals surface area contributed by atoms with Gasteiger partial charge in [-0.2, -0.15) is 9.36 Å². The van der Waals surface area contributed by atoms with Gasteiger partial charge in [-0.05, 0) is 28.6 Å². The van der Waals surface area contributed by atoms with Crippen molar-refractivity contribution in [2.45, 2.75) is 13.1 Å². The third-order valence-corrected chi connectivity index (χ3v) is 4.00. The summed E-state index contributed by atoms with van der Waals surface area (Å²) in [5.74, 6) is 0.304. The highest BCUT2D eigenvalue weighted by Crippen LogP contribution is 2.17. The molecule has 3 aromatic rings. The Kier molecular flexibility index (Phi) is 5.33. The largest absolute Gasteiger partial charge is 0.496 e. The molecule has 0 spiro atoms. The summed E-state index contributed by atoms with van der Waals surface area (Å²) in [6.45, 7) is 0.0225. The van der Waals surface area contributed by atoms with Crippen LogP contribution in [0.3, 0.4) is 0 Å². The first-order chi connectivity index (χ1) is 12.6. The van der Waals surface area contributed by atoms with Crippen molar-refractivity contribution in [3.05, 3.63) is 69.6 Å². The lowest BCUT2D eigenvalue weighted by Gasteiger charge is -2.09. The van der Waals surface area contributed by atoms with Gasteiger partial charge >= 0.3 is 5.69 Å². The molecule has 0 fully saturated rings. The summed E-state index contributed by atoms with van der Waals surface area (Å²) in [5, 5.41) is 10.6. The van der Waals surface area contributed by atoms with E-state index in [-0.39, 0.29) is 19.0 Å². The van der Waals surface area contributed by atoms with Crippen molar-refractivity contribution in [3.8, 4) is 11.4 Å². The van der Waals surface area contributed by atoms with Gasteiger partial charge in [0.05, 0.1) is 17.8 Å². The van der Waals surface area contributed by atoms with Crippen LogP contribution in [0.25, 0.3) is 5.69 Å². The van der Waals surface area contributed by atoms with Gasteiger partial charge in [-0.3, -0.25) is 4.79 Å². The maximum absolute atomic E-state index is 12.4. The summed E-state index contributed by atoms with van der Waals surface area (Å²) in [7, 11) is 1.56. The summed E-state index contributed by atoms with van der Waals surface area (Å²) in [4.78, 5) is 24.5. The van der Waals surface area contributed by atoms with E-state index < -0.39 is 5.69 Å². The molecular formula is C17H16ClN5O3. The van der Waals surface area contributed by atoms with Gasteiger partial charge in [0.1, 0.15) is 12.3 Å². The Hall–Kier alpha value is -3.13. The molecule has 9 heteroatoms. The molecule has 26 heavy (non-hydrogen) atoms. The molecule has 3 rings (SSSR count). The van der Waals surface area contributed by atoms with Gasteiger partial charge in [-0.15, -0.1) is 0 Å². The number of methoxy groups -OCH3 is 1. The maximum atomic E-state index is 12.4. The lowest BCUT2D eigenvalue weighted by molar-refractivity contribution is -0.122. The Morgan fingerprint density at radius 1 is 1.15 bits per heavy atom. The van der Waals surface area contributed by atoms with Crippen LogP contribution in [0.1, 0.15) is 5.56 Å². The molecule has 0 aliphatic heterocycles. The van der Waals surface area contributed by atoms with E-state index in [0.717, 1.165) is 14.9 Å². The van der Waals surface area contributed by atoms with E-state index >= 15 is 0 Å². The van der Waals surface area contributed by atoms with Crippen molar-refractivity contribution in [2.24, 2.45) is 0 Å². The van der Waals surface area contributed by atoms with E-state index in [9.17, 15) is 9.59 Å². The molecule has 1 aromatic heterocycles. The first-order valence-corrected chi connectivity index (χ1v) is 8.14. The third-order valence-electron chi connectivity index (χ3n) is 3.68. The summed E-state index contributed by atoms with van der Waals surface area (Å²) in [6, 6.07) is 14.1. The van der Waals surface area contributed by atoms with Gasteiger partial charge in [0.2, 0.25) is 5.91 Å². The molecule has 2 aromatic carbocycles. The van der Waals surface area contributed by atoms with E-state index in [1.54, 1.807) is 37.4 Å². The molecule has 1 N–H and O–H groups in total. The number of para-hydroxylation sites is 2. The maximum Gasteiger partial charge on any atom is 0.369 e. The molecule has 0 unspecified atom stereocenters.